The molecule has 1 aliphatic rings. The summed E-state index contributed by atoms with van der Waals surface area (Å²) in [5, 5.41) is 9.09. The van der Waals surface area contributed by atoms with Crippen molar-refractivity contribution in [2.24, 2.45) is 0 Å². The SMILES string of the molecule is CN(C)S(=O)(=O)CCCS(=O)(=O)N1CCCCC1C(=O)O. The Morgan fingerprint density at radius 2 is 1.81 bits per heavy atom. The fraction of sp³-hybridized carbons (Fsp3) is 0.909. The van der Waals surface area contributed by atoms with Crippen LogP contribution in [0.3, 0.4) is 0 Å². The molecule has 8 nitrogen and oxygen atoms in total. The fourth-order valence-corrected chi connectivity index (χ4v) is 5.00. The van der Waals surface area contributed by atoms with Crippen LogP contribution in [0, 0.1) is 0 Å². The monoisotopic (exact) mass is 342 g/mol. The van der Waals surface area contributed by atoms with Crippen molar-refractivity contribution in [1.82, 2.24) is 8.61 Å². The highest BCUT2D eigenvalue weighted by molar-refractivity contribution is 7.90. The summed E-state index contributed by atoms with van der Waals surface area (Å²) in [5.74, 6) is -1.78. The van der Waals surface area contributed by atoms with Crippen molar-refractivity contribution in [1.29, 1.82) is 0 Å². The Hall–Kier alpha value is -0.710. The normalized spacial score (nSPS) is 21.6. The zero-order valence-corrected chi connectivity index (χ0v) is 13.9. The van der Waals surface area contributed by atoms with E-state index in [1.165, 1.54) is 14.1 Å². The minimum Gasteiger partial charge on any atom is -0.480 e. The second kappa shape index (κ2) is 7.03. The molecule has 21 heavy (non-hydrogen) atoms. The third-order valence-corrected chi connectivity index (χ3v) is 7.33. The highest BCUT2D eigenvalue weighted by atomic mass is 32.2. The molecule has 1 saturated heterocycles. The maximum atomic E-state index is 12.2. The molecule has 0 radical (unpaired) electrons. The second-order valence-corrected chi connectivity index (χ2v) is 9.57. The predicted molar refractivity (Wildman–Crippen MR) is 77.9 cm³/mol. The summed E-state index contributed by atoms with van der Waals surface area (Å²) in [6, 6.07) is -1.03. The number of nitrogens with zero attached hydrogens (tertiary/aromatic N) is 2. The molecule has 0 aliphatic carbocycles. The van der Waals surface area contributed by atoms with Gasteiger partial charge < -0.3 is 5.11 Å². The van der Waals surface area contributed by atoms with Gasteiger partial charge in [0, 0.05) is 20.6 Å². The highest BCUT2D eigenvalue weighted by Crippen LogP contribution is 2.21. The average Bonchev–Trinajstić information content (AvgIpc) is 2.38. The van der Waals surface area contributed by atoms with Crippen LogP contribution in [0.2, 0.25) is 0 Å². The molecule has 1 atom stereocenters. The Balaban J connectivity index is 2.70. The van der Waals surface area contributed by atoms with E-state index >= 15 is 0 Å². The van der Waals surface area contributed by atoms with Crippen LogP contribution < -0.4 is 0 Å². The molecule has 1 heterocycles. The van der Waals surface area contributed by atoms with Gasteiger partial charge in [0.05, 0.1) is 11.5 Å². The van der Waals surface area contributed by atoms with Gasteiger partial charge in [-0.05, 0) is 25.7 Å². The molecule has 0 amide bonds. The van der Waals surface area contributed by atoms with E-state index in [0.29, 0.717) is 19.3 Å². The summed E-state index contributed by atoms with van der Waals surface area (Å²) in [4.78, 5) is 11.1. The van der Waals surface area contributed by atoms with Crippen LogP contribution >= 0.6 is 0 Å². The van der Waals surface area contributed by atoms with Gasteiger partial charge in [0.1, 0.15) is 6.04 Å². The van der Waals surface area contributed by atoms with Crippen molar-refractivity contribution in [3.8, 4) is 0 Å². The number of sulfonamides is 2. The highest BCUT2D eigenvalue weighted by Gasteiger charge is 2.36. The van der Waals surface area contributed by atoms with Crippen LogP contribution in [0.4, 0.5) is 0 Å². The first-order valence-electron chi connectivity index (χ1n) is 6.70. The lowest BCUT2D eigenvalue weighted by Gasteiger charge is -2.31. The second-order valence-electron chi connectivity index (χ2n) is 5.23. The molecule has 1 aliphatic heterocycles. The van der Waals surface area contributed by atoms with Crippen LogP contribution in [0.15, 0.2) is 0 Å². The maximum absolute atomic E-state index is 12.2. The number of hydrogen-bond acceptors (Lipinski definition) is 5. The van der Waals surface area contributed by atoms with E-state index in [2.05, 4.69) is 0 Å². The summed E-state index contributed by atoms with van der Waals surface area (Å²) in [6.45, 7) is 0.180. The van der Waals surface area contributed by atoms with Gasteiger partial charge in [-0.25, -0.2) is 21.1 Å². The average molecular weight is 342 g/mol. The van der Waals surface area contributed by atoms with E-state index in [-0.39, 0.29) is 24.5 Å². The summed E-state index contributed by atoms with van der Waals surface area (Å²) in [5.41, 5.74) is 0. The molecule has 124 valence electrons. The summed E-state index contributed by atoms with van der Waals surface area (Å²) < 4.78 is 49.6. The van der Waals surface area contributed by atoms with Gasteiger partial charge in [0.15, 0.2) is 0 Å². The van der Waals surface area contributed by atoms with E-state index in [1.807, 2.05) is 0 Å². The van der Waals surface area contributed by atoms with Crippen molar-refractivity contribution in [3.63, 3.8) is 0 Å². The third kappa shape index (κ3) is 4.90. The zero-order chi connectivity index (χ0) is 16.3. The molecular formula is C11H22N2O6S2. The Morgan fingerprint density at radius 1 is 1.19 bits per heavy atom. The van der Waals surface area contributed by atoms with Gasteiger partial charge in [-0.2, -0.15) is 4.31 Å². The van der Waals surface area contributed by atoms with Crippen LogP contribution in [-0.4, -0.2) is 74.7 Å². The Bertz CT molecular complexity index is 570. The standard InChI is InChI=1S/C11H22N2O6S2/c1-12(2)20(16,17)8-5-9-21(18,19)13-7-4-3-6-10(13)11(14)15/h10H,3-9H2,1-2H3,(H,14,15). The van der Waals surface area contributed by atoms with Crippen molar-refractivity contribution in [3.05, 3.63) is 0 Å². The summed E-state index contributed by atoms with van der Waals surface area (Å²) in [7, 11) is -4.44. The van der Waals surface area contributed by atoms with E-state index in [1.54, 1.807) is 0 Å². The number of piperidine rings is 1. The van der Waals surface area contributed by atoms with Gasteiger partial charge >= 0.3 is 5.97 Å². The lowest BCUT2D eigenvalue weighted by atomic mass is 10.1. The molecule has 0 saturated carbocycles. The predicted octanol–water partition coefficient (Wildman–Crippen LogP) is -0.463. The van der Waals surface area contributed by atoms with Gasteiger partial charge in [0.25, 0.3) is 0 Å². The zero-order valence-electron chi connectivity index (χ0n) is 12.2. The minimum absolute atomic E-state index is 0.0499. The summed E-state index contributed by atoms with van der Waals surface area (Å²) >= 11 is 0. The van der Waals surface area contributed by atoms with Crippen molar-refractivity contribution in [2.75, 3.05) is 32.1 Å². The lowest BCUT2D eigenvalue weighted by Crippen LogP contribution is -2.48. The molecule has 1 N–H and O–H groups in total. The largest absolute Gasteiger partial charge is 0.480 e. The molecule has 1 unspecified atom stereocenters. The first-order valence-corrected chi connectivity index (χ1v) is 9.92. The molecule has 0 aromatic rings. The van der Waals surface area contributed by atoms with Gasteiger partial charge in [-0.3, -0.25) is 4.79 Å². The minimum atomic E-state index is -3.76. The molecular weight excluding hydrogens is 320 g/mol. The number of rotatable bonds is 7. The van der Waals surface area contributed by atoms with E-state index in [0.717, 1.165) is 8.61 Å². The van der Waals surface area contributed by atoms with Crippen LogP contribution in [0.25, 0.3) is 0 Å². The Kier molecular flexibility index (Phi) is 6.14. The number of hydrogen-bond donors (Lipinski definition) is 1. The molecule has 10 heteroatoms. The number of carbonyl (C=O) groups is 1. The van der Waals surface area contributed by atoms with Gasteiger partial charge in [0.2, 0.25) is 20.0 Å². The molecule has 1 rings (SSSR count). The lowest BCUT2D eigenvalue weighted by molar-refractivity contribution is -0.142. The quantitative estimate of drug-likeness (QED) is 0.670. The van der Waals surface area contributed by atoms with Crippen LogP contribution in [-0.2, 0) is 24.8 Å². The number of carboxylic acid groups (broad SMARTS) is 1. The van der Waals surface area contributed by atoms with Gasteiger partial charge in [-0.1, -0.05) is 0 Å². The molecule has 1 fully saturated rings. The van der Waals surface area contributed by atoms with Crippen molar-refractivity contribution in [2.45, 2.75) is 31.7 Å². The molecule has 0 spiro atoms. The van der Waals surface area contributed by atoms with E-state index in [9.17, 15) is 21.6 Å². The topological polar surface area (TPSA) is 112 Å². The number of carboxylic acids is 1. The van der Waals surface area contributed by atoms with Crippen LogP contribution in [0.5, 0.6) is 0 Å². The Morgan fingerprint density at radius 3 is 2.33 bits per heavy atom. The first kappa shape index (κ1) is 18.3. The Labute approximate surface area is 125 Å². The maximum Gasteiger partial charge on any atom is 0.322 e. The van der Waals surface area contributed by atoms with E-state index in [4.69, 9.17) is 5.11 Å². The third-order valence-electron chi connectivity index (χ3n) is 3.46. The summed E-state index contributed by atoms with van der Waals surface area (Å²) in [6.07, 6.45) is 1.55. The smallest absolute Gasteiger partial charge is 0.322 e. The molecule has 0 aromatic heterocycles. The van der Waals surface area contributed by atoms with E-state index < -0.39 is 32.1 Å². The molecule has 0 aromatic carbocycles. The number of aliphatic carboxylic acids is 1. The van der Waals surface area contributed by atoms with Crippen molar-refractivity contribution < 1.29 is 26.7 Å². The first-order chi connectivity index (χ1) is 9.58. The fourth-order valence-electron chi connectivity index (χ4n) is 2.21. The van der Waals surface area contributed by atoms with Crippen molar-refractivity contribution >= 4 is 26.0 Å². The van der Waals surface area contributed by atoms with Gasteiger partial charge in [-0.15, -0.1) is 0 Å². The molecule has 0 bridgehead atoms. The van der Waals surface area contributed by atoms with Crippen LogP contribution in [0.1, 0.15) is 25.7 Å².